The molecule has 0 unspecified atom stereocenters. The van der Waals surface area contributed by atoms with Gasteiger partial charge in [0.15, 0.2) is 0 Å². The summed E-state index contributed by atoms with van der Waals surface area (Å²) in [6.45, 7) is 10.4. The minimum Gasteiger partial charge on any atom is -0.484 e. The molecule has 0 spiro atoms. The van der Waals surface area contributed by atoms with Gasteiger partial charge in [0.05, 0.1) is 11.1 Å². The Bertz CT molecular complexity index is 1590. The van der Waals surface area contributed by atoms with Gasteiger partial charge in [0.1, 0.15) is 17.7 Å². The summed E-state index contributed by atoms with van der Waals surface area (Å²) in [6, 6.07) is 11.2. The predicted octanol–water partition coefficient (Wildman–Crippen LogP) is 5.17. The van der Waals surface area contributed by atoms with E-state index < -0.39 is 29.7 Å². The van der Waals surface area contributed by atoms with E-state index in [1.807, 2.05) is 11.8 Å². The first-order chi connectivity index (χ1) is 21.3. The van der Waals surface area contributed by atoms with Gasteiger partial charge in [-0.05, 0) is 73.9 Å². The third-order valence-electron chi connectivity index (χ3n) is 7.73. The first kappa shape index (κ1) is 33.2. The standard InChI is InChI=1S/C33H36F3N5O4/c1-6-29(42)41-14-13-40(18-22(41)4)19-28(23-10-7-11-24(16-23)33(34,35)36)45-27-15-21(3)25(17-26(27)31(43)37-5)32(44)39-30-20(2)9-8-12-38-30/h6-12,15-17,22,28H,1,13-14,18-19H2,2-5H3,(H,37,43)(H,38,39,44)/t22-,28-/m1/s1. The normalized spacial score (nSPS) is 16.1. The molecule has 2 heterocycles. The number of carbonyl (C=O) groups is 3. The van der Waals surface area contributed by atoms with E-state index >= 15 is 0 Å². The number of benzene rings is 2. The fourth-order valence-electron chi connectivity index (χ4n) is 5.28. The summed E-state index contributed by atoms with van der Waals surface area (Å²) >= 11 is 0. The molecule has 9 nitrogen and oxygen atoms in total. The van der Waals surface area contributed by atoms with Gasteiger partial charge >= 0.3 is 6.18 Å². The number of alkyl halides is 3. The van der Waals surface area contributed by atoms with Crippen LogP contribution in [-0.2, 0) is 11.0 Å². The predicted molar refractivity (Wildman–Crippen MR) is 164 cm³/mol. The highest BCUT2D eigenvalue weighted by Gasteiger charge is 2.33. The van der Waals surface area contributed by atoms with E-state index in [-0.39, 0.29) is 40.9 Å². The summed E-state index contributed by atoms with van der Waals surface area (Å²) in [5, 5.41) is 5.31. The first-order valence-corrected chi connectivity index (χ1v) is 14.4. The molecular weight excluding hydrogens is 587 g/mol. The van der Waals surface area contributed by atoms with Gasteiger partial charge < -0.3 is 20.3 Å². The van der Waals surface area contributed by atoms with Crippen LogP contribution in [0.15, 0.2) is 67.4 Å². The lowest BCUT2D eigenvalue weighted by molar-refractivity contribution is -0.137. The van der Waals surface area contributed by atoms with Gasteiger partial charge in [0, 0.05) is 51.0 Å². The van der Waals surface area contributed by atoms with E-state index in [0.717, 1.165) is 17.7 Å². The Kier molecular flexibility index (Phi) is 10.3. The van der Waals surface area contributed by atoms with Crippen molar-refractivity contribution in [2.75, 3.05) is 38.5 Å². The number of piperazine rings is 1. The number of aromatic nitrogens is 1. The fraction of sp³-hybridized carbons (Fsp3) is 0.333. The monoisotopic (exact) mass is 623 g/mol. The molecule has 12 heteroatoms. The number of rotatable bonds is 9. The van der Waals surface area contributed by atoms with Crippen LogP contribution < -0.4 is 15.4 Å². The molecule has 0 aliphatic carbocycles. The second kappa shape index (κ2) is 13.9. The van der Waals surface area contributed by atoms with Crippen LogP contribution in [0.1, 0.15) is 56.0 Å². The van der Waals surface area contributed by atoms with Gasteiger partial charge in [0.2, 0.25) is 5.91 Å². The van der Waals surface area contributed by atoms with Crippen LogP contribution >= 0.6 is 0 Å². The van der Waals surface area contributed by atoms with Crippen molar-refractivity contribution in [3.8, 4) is 5.75 Å². The van der Waals surface area contributed by atoms with Gasteiger partial charge in [-0.15, -0.1) is 0 Å². The number of carbonyl (C=O) groups excluding carboxylic acids is 3. The third-order valence-corrected chi connectivity index (χ3v) is 7.73. The van der Waals surface area contributed by atoms with E-state index in [4.69, 9.17) is 4.74 Å². The lowest BCUT2D eigenvalue weighted by atomic mass is 10.0. The lowest BCUT2D eigenvalue weighted by Crippen LogP contribution is -2.54. The number of amides is 3. The molecule has 0 radical (unpaired) electrons. The number of aryl methyl sites for hydroxylation is 2. The third kappa shape index (κ3) is 7.88. The van der Waals surface area contributed by atoms with E-state index in [0.29, 0.717) is 31.0 Å². The van der Waals surface area contributed by atoms with Crippen LogP contribution in [0.5, 0.6) is 5.75 Å². The van der Waals surface area contributed by atoms with Crippen LogP contribution in [0, 0.1) is 13.8 Å². The number of pyridine rings is 1. The molecule has 45 heavy (non-hydrogen) atoms. The molecule has 1 saturated heterocycles. The van der Waals surface area contributed by atoms with Gasteiger partial charge in [-0.25, -0.2) is 4.98 Å². The Labute approximate surface area is 260 Å². The Morgan fingerprint density at radius 3 is 2.47 bits per heavy atom. The number of hydrogen-bond acceptors (Lipinski definition) is 6. The molecule has 1 aliphatic heterocycles. The minimum absolute atomic E-state index is 0.0396. The zero-order valence-electron chi connectivity index (χ0n) is 25.6. The average Bonchev–Trinajstić information content (AvgIpc) is 3.01. The van der Waals surface area contributed by atoms with Crippen molar-refractivity contribution < 1.29 is 32.3 Å². The number of halogens is 3. The summed E-state index contributed by atoms with van der Waals surface area (Å²) in [5.74, 6) is -0.742. The fourth-order valence-corrected chi connectivity index (χ4v) is 5.28. The van der Waals surface area contributed by atoms with Gasteiger partial charge in [0.25, 0.3) is 11.8 Å². The Balaban J connectivity index is 1.70. The number of ether oxygens (including phenoxy) is 1. The highest BCUT2D eigenvalue weighted by atomic mass is 19.4. The topological polar surface area (TPSA) is 104 Å². The van der Waals surface area contributed by atoms with Crippen LogP contribution in [0.2, 0.25) is 0 Å². The van der Waals surface area contributed by atoms with E-state index in [1.165, 1.54) is 31.3 Å². The molecule has 4 rings (SSSR count). The smallest absolute Gasteiger partial charge is 0.416 e. The largest absolute Gasteiger partial charge is 0.484 e. The molecule has 2 atom stereocenters. The Morgan fingerprint density at radius 1 is 1.07 bits per heavy atom. The molecule has 238 valence electrons. The highest BCUT2D eigenvalue weighted by Crippen LogP contribution is 2.34. The van der Waals surface area contributed by atoms with Crippen LogP contribution in [0.3, 0.4) is 0 Å². The summed E-state index contributed by atoms with van der Waals surface area (Å²) in [5.41, 5.74) is 0.911. The highest BCUT2D eigenvalue weighted by molar-refractivity contribution is 6.07. The average molecular weight is 624 g/mol. The summed E-state index contributed by atoms with van der Waals surface area (Å²) in [7, 11) is 1.43. The maximum Gasteiger partial charge on any atom is 0.416 e. The molecule has 2 N–H and O–H groups in total. The second-order valence-corrected chi connectivity index (χ2v) is 10.9. The van der Waals surface area contributed by atoms with Crippen molar-refractivity contribution in [2.24, 2.45) is 0 Å². The van der Waals surface area contributed by atoms with E-state index in [9.17, 15) is 27.6 Å². The van der Waals surface area contributed by atoms with Gasteiger partial charge in [-0.2, -0.15) is 13.2 Å². The number of hydrogen-bond donors (Lipinski definition) is 2. The summed E-state index contributed by atoms with van der Waals surface area (Å²) < 4.78 is 47.5. The Morgan fingerprint density at radius 2 is 1.82 bits per heavy atom. The molecule has 2 aromatic carbocycles. The van der Waals surface area contributed by atoms with Crippen molar-refractivity contribution in [2.45, 2.75) is 39.1 Å². The molecule has 1 aliphatic rings. The zero-order valence-corrected chi connectivity index (χ0v) is 25.6. The summed E-state index contributed by atoms with van der Waals surface area (Å²) in [6.07, 6.45) is -2.70. The van der Waals surface area contributed by atoms with Crippen LogP contribution in [-0.4, -0.2) is 71.8 Å². The number of nitrogens with one attached hydrogen (secondary N) is 2. The van der Waals surface area contributed by atoms with Crippen molar-refractivity contribution in [3.63, 3.8) is 0 Å². The van der Waals surface area contributed by atoms with Crippen molar-refractivity contribution in [3.05, 3.63) is 101 Å². The molecule has 3 aromatic rings. The first-order valence-electron chi connectivity index (χ1n) is 14.4. The van der Waals surface area contributed by atoms with Crippen molar-refractivity contribution in [1.82, 2.24) is 20.1 Å². The molecule has 0 saturated carbocycles. The zero-order chi connectivity index (χ0) is 32.9. The molecule has 1 fully saturated rings. The maximum absolute atomic E-state index is 13.7. The van der Waals surface area contributed by atoms with E-state index in [1.54, 1.807) is 43.1 Å². The van der Waals surface area contributed by atoms with E-state index in [2.05, 4.69) is 22.2 Å². The van der Waals surface area contributed by atoms with Gasteiger partial charge in [-0.1, -0.05) is 24.8 Å². The molecule has 0 bridgehead atoms. The SMILES string of the molecule is C=CC(=O)N1CCN(C[C@@H](Oc2cc(C)c(C(=O)Nc3ncccc3C)cc2C(=O)NC)c2cccc(C(F)(F)F)c2)C[C@H]1C. The lowest BCUT2D eigenvalue weighted by Gasteiger charge is -2.40. The molecular formula is C33H36F3N5O4. The molecule has 3 amide bonds. The Hall–Kier alpha value is -4.71. The number of nitrogens with zero attached hydrogens (tertiary/aromatic N) is 3. The van der Waals surface area contributed by atoms with Crippen molar-refractivity contribution in [1.29, 1.82) is 0 Å². The number of anilines is 1. The van der Waals surface area contributed by atoms with Gasteiger partial charge in [-0.3, -0.25) is 19.3 Å². The second-order valence-electron chi connectivity index (χ2n) is 10.9. The molecule has 1 aromatic heterocycles. The van der Waals surface area contributed by atoms with Crippen LogP contribution in [0.25, 0.3) is 0 Å². The maximum atomic E-state index is 13.7. The summed E-state index contributed by atoms with van der Waals surface area (Å²) in [4.78, 5) is 46.4. The minimum atomic E-state index is -4.57. The quantitative estimate of drug-likeness (QED) is 0.319. The van der Waals surface area contributed by atoms with Crippen LogP contribution in [0.4, 0.5) is 19.0 Å². The van der Waals surface area contributed by atoms with Crippen molar-refractivity contribution >= 4 is 23.5 Å².